The number of hydrogen-bond donors (Lipinski definition) is 4. The third kappa shape index (κ3) is 2.91. The lowest BCUT2D eigenvalue weighted by Crippen LogP contribution is -2.33. The zero-order valence-electron chi connectivity index (χ0n) is 20.6. The molecule has 1 saturated heterocycles. The summed E-state index contributed by atoms with van der Waals surface area (Å²) in [6.07, 6.45) is 1.63. The van der Waals surface area contributed by atoms with Crippen LogP contribution in [0.2, 0.25) is 0 Å². The minimum atomic E-state index is -1.19. The summed E-state index contributed by atoms with van der Waals surface area (Å²) >= 11 is 0. The van der Waals surface area contributed by atoms with E-state index in [1.807, 2.05) is 54.7 Å². The van der Waals surface area contributed by atoms with E-state index in [9.17, 15) is 20.6 Å². The van der Waals surface area contributed by atoms with Gasteiger partial charge in [-0.05, 0) is 43.3 Å². The zero-order chi connectivity index (χ0) is 26.2. The number of benzene rings is 3. The molecule has 2 aliphatic heterocycles. The second kappa shape index (κ2) is 7.78. The number of nitrogens with zero attached hydrogens (tertiary/aromatic N) is 2. The van der Waals surface area contributed by atoms with Gasteiger partial charge in [0.15, 0.2) is 0 Å². The molecular weight excluding hydrogens is 482 g/mol. The van der Waals surface area contributed by atoms with Crippen molar-refractivity contribution < 1.29 is 24.8 Å². The predicted molar refractivity (Wildman–Crippen MR) is 140 cm³/mol. The number of fused-ring (bicyclic) bond motifs is 7. The van der Waals surface area contributed by atoms with Crippen molar-refractivity contribution in [2.45, 2.75) is 37.1 Å². The van der Waals surface area contributed by atoms with Gasteiger partial charge in [0.2, 0.25) is 11.8 Å². The number of aromatic nitrogens is 2. The first-order chi connectivity index (χ1) is 18.4. The van der Waals surface area contributed by atoms with Crippen LogP contribution in [0.1, 0.15) is 36.5 Å². The van der Waals surface area contributed by atoms with E-state index < -0.39 is 17.3 Å². The van der Waals surface area contributed by atoms with Crippen LogP contribution in [-0.4, -0.2) is 37.6 Å². The molecule has 7 rings (SSSR count). The fourth-order valence-electron chi connectivity index (χ4n) is 6.38. The van der Waals surface area contributed by atoms with Crippen molar-refractivity contribution in [2.24, 2.45) is 0 Å². The maximum absolute atomic E-state index is 11.6. The smallest absolute Gasteiger partial charge is 0.205 e. The van der Waals surface area contributed by atoms with Crippen LogP contribution in [0.25, 0.3) is 27.4 Å². The van der Waals surface area contributed by atoms with Crippen molar-refractivity contribution in [1.29, 1.82) is 5.26 Å². The number of ether oxygens (including phenoxy) is 2. The van der Waals surface area contributed by atoms with Gasteiger partial charge in [0, 0.05) is 40.7 Å². The van der Waals surface area contributed by atoms with Crippen LogP contribution in [0.5, 0.6) is 17.5 Å². The van der Waals surface area contributed by atoms with Gasteiger partial charge in [0.25, 0.3) is 0 Å². The molecule has 0 spiro atoms. The first-order valence-electron chi connectivity index (χ1n) is 12.5. The lowest BCUT2D eigenvalue weighted by molar-refractivity contribution is -0.107. The molecule has 190 valence electrons. The highest BCUT2D eigenvalue weighted by molar-refractivity contribution is 5.95. The molecule has 4 N–H and O–H groups in total. The molecule has 3 atom stereocenters. The fourth-order valence-corrected chi connectivity index (χ4v) is 6.38. The van der Waals surface area contributed by atoms with Crippen LogP contribution >= 0.6 is 0 Å². The van der Waals surface area contributed by atoms with E-state index in [1.54, 1.807) is 19.1 Å². The van der Waals surface area contributed by atoms with Gasteiger partial charge in [-0.15, -0.1) is 0 Å². The molecule has 0 saturated carbocycles. The first-order valence-corrected chi connectivity index (χ1v) is 12.5. The number of hydrogen-bond acceptors (Lipinski definition) is 6. The average Bonchev–Trinajstić information content (AvgIpc) is 3.62. The Bertz CT molecular complexity index is 1800. The molecule has 0 radical (unpaired) electrons. The minimum absolute atomic E-state index is 0.142. The summed E-state index contributed by atoms with van der Waals surface area (Å²) in [7, 11) is 0. The summed E-state index contributed by atoms with van der Waals surface area (Å²) in [5, 5.41) is 46.2. The fraction of sp³-hybridized carbons (Fsp3) is 0.233. The van der Waals surface area contributed by atoms with Gasteiger partial charge >= 0.3 is 0 Å². The highest BCUT2D eigenvalue weighted by atomic mass is 16.6. The van der Waals surface area contributed by atoms with E-state index >= 15 is 0 Å². The van der Waals surface area contributed by atoms with E-state index in [2.05, 4.69) is 11.1 Å². The monoisotopic (exact) mass is 507 g/mol. The van der Waals surface area contributed by atoms with Gasteiger partial charge < -0.3 is 29.8 Å². The number of nitrogens with one attached hydrogen (secondary N) is 1. The zero-order valence-corrected chi connectivity index (χ0v) is 20.6. The molecule has 5 aromatic rings. The molecular formula is C30H25N3O5. The van der Waals surface area contributed by atoms with Gasteiger partial charge in [-0.1, -0.05) is 24.3 Å². The maximum Gasteiger partial charge on any atom is 0.205 e. The van der Waals surface area contributed by atoms with Crippen LogP contribution in [0.4, 0.5) is 0 Å². The van der Waals surface area contributed by atoms with Crippen molar-refractivity contribution >= 4 is 21.7 Å². The topological polar surface area (TPSA) is 124 Å². The lowest BCUT2D eigenvalue weighted by atomic mass is 9.76. The molecule has 8 nitrogen and oxygen atoms in total. The Morgan fingerprint density at radius 2 is 1.87 bits per heavy atom. The third-order valence-electron chi connectivity index (χ3n) is 8.20. The Morgan fingerprint density at radius 1 is 1.08 bits per heavy atom. The van der Waals surface area contributed by atoms with Crippen molar-refractivity contribution in [3.8, 4) is 29.3 Å². The van der Waals surface area contributed by atoms with E-state index in [0.717, 1.165) is 10.9 Å². The molecule has 2 aliphatic rings. The van der Waals surface area contributed by atoms with Crippen LogP contribution in [0.3, 0.4) is 0 Å². The number of nitriles is 1. The largest absolute Gasteiger partial charge is 0.494 e. The van der Waals surface area contributed by atoms with Crippen LogP contribution < -0.4 is 4.74 Å². The second-order valence-electron chi connectivity index (χ2n) is 10.3. The maximum atomic E-state index is 11.6. The summed E-state index contributed by atoms with van der Waals surface area (Å²) in [6.45, 7) is 2.02. The van der Waals surface area contributed by atoms with Crippen LogP contribution in [0.15, 0.2) is 66.9 Å². The van der Waals surface area contributed by atoms with Crippen molar-refractivity contribution in [3.05, 3.63) is 83.6 Å². The number of aliphatic hydroxyl groups is 1. The number of aliphatic hydroxyl groups excluding tert-OH is 1. The van der Waals surface area contributed by atoms with Crippen LogP contribution in [-0.2, 0) is 15.9 Å². The highest BCUT2D eigenvalue weighted by Gasteiger charge is 2.66. The van der Waals surface area contributed by atoms with E-state index in [0.29, 0.717) is 45.3 Å². The molecule has 2 aromatic heterocycles. The van der Waals surface area contributed by atoms with Gasteiger partial charge in [0.1, 0.15) is 17.0 Å². The predicted octanol–water partition coefficient (Wildman–Crippen LogP) is 5.07. The Morgan fingerprint density at radius 3 is 2.68 bits per heavy atom. The summed E-state index contributed by atoms with van der Waals surface area (Å²) < 4.78 is 13.9. The highest BCUT2D eigenvalue weighted by Crippen LogP contribution is 2.65. The normalized spacial score (nSPS) is 23.7. The number of aromatic amines is 1. The molecule has 0 aliphatic carbocycles. The van der Waals surface area contributed by atoms with E-state index in [4.69, 9.17) is 9.47 Å². The summed E-state index contributed by atoms with van der Waals surface area (Å²) in [5.41, 5.74) is 0.696. The third-order valence-corrected chi connectivity index (χ3v) is 8.20. The minimum Gasteiger partial charge on any atom is -0.494 e. The molecule has 2 bridgehead atoms. The van der Waals surface area contributed by atoms with Gasteiger partial charge in [-0.25, -0.2) is 0 Å². The van der Waals surface area contributed by atoms with Gasteiger partial charge in [-0.2, -0.15) is 5.26 Å². The Balaban J connectivity index is 1.30. The molecule has 0 unspecified atom stereocenters. The number of aromatic hydroxyl groups is 2. The number of H-pyrrole nitrogens is 1. The van der Waals surface area contributed by atoms with E-state index in [-0.39, 0.29) is 24.8 Å². The summed E-state index contributed by atoms with van der Waals surface area (Å²) in [5.74, 6) is 0.382. The molecule has 4 heterocycles. The van der Waals surface area contributed by atoms with Crippen molar-refractivity contribution in [3.63, 3.8) is 0 Å². The SMILES string of the molecule is C[C@]12O[C@](CCOc3ccc4[nH]ccc4c3)(C[C@@H]1O)c1c2c(O)n(-c2ccc(C#N)c3ccccc23)c1O. The van der Waals surface area contributed by atoms with E-state index in [1.165, 1.54) is 4.57 Å². The van der Waals surface area contributed by atoms with Crippen molar-refractivity contribution in [1.82, 2.24) is 9.55 Å². The summed E-state index contributed by atoms with van der Waals surface area (Å²) in [4.78, 5) is 3.16. The standard InChI is InChI=1S/C30H25N3O5/c1-29-24(34)15-30(38-29,11-13-37-19-7-8-22-17(14-19)10-12-32-22)26-25(29)27(35)33(28(26)36)23-9-6-18(16-31)20-4-2-3-5-21(20)23/h2-10,12,14,24,32,34-36H,11,13,15H2,1H3/t24-,29-,30+/m0/s1. The van der Waals surface area contributed by atoms with Crippen molar-refractivity contribution in [2.75, 3.05) is 6.61 Å². The molecule has 3 aromatic carbocycles. The molecule has 0 amide bonds. The second-order valence-corrected chi connectivity index (χ2v) is 10.3. The Kier molecular flexibility index (Phi) is 4.65. The van der Waals surface area contributed by atoms with Gasteiger partial charge in [0.05, 0.1) is 41.2 Å². The Labute approximate surface area is 217 Å². The first kappa shape index (κ1) is 22.7. The average molecular weight is 508 g/mol. The quantitative estimate of drug-likeness (QED) is 0.263. The molecule has 38 heavy (non-hydrogen) atoms. The van der Waals surface area contributed by atoms with Gasteiger partial charge in [-0.3, -0.25) is 4.57 Å². The molecule has 1 fully saturated rings. The Hall–Kier alpha value is -4.45. The number of rotatable bonds is 5. The van der Waals surface area contributed by atoms with Crippen LogP contribution in [0, 0.1) is 11.3 Å². The molecule has 8 heteroatoms. The summed E-state index contributed by atoms with van der Waals surface area (Å²) in [6, 6.07) is 20.7. The lowest BCUT2D eigenvalue weighted by Gasteiger charge is -2.26.